The summed E-state index contributed by atoms with van der Waals surface area (Å²) >= 11 is 0. The molecule has 1 heteroatoms. The fourth-order valence-corrected chi connectivity index (χ4v) is 14.0. The Hall–Kier alpha value is -6.44. The maximum Gasteiger partial charge on any atom is 0.0540 e. The molecule has 62 heavy (non-hydrogen) atoms. The van der Waals surface area contributed by atoms with Gasteiger partial charge in [-0.25, -0.2) is 0 Å². The molecule has 1 spiro atoms. The molecule has 0 radical (unpaired) electrons. The van der Waals surface area contributed by atoms with Gasteiger partial charge < -0.3 is 4.90 Å². The van der Waals surface area contributed by atoms with Gasteiger partial charge in [0.25, 0.3) is 0 Å². The van der Waals surface area contributed by atoms with Crippen molar-refractivity contribution in [1.82, 2.24) is 0 Å². The van der Waals surface area contributed by atoms with Gasteiger partial charge >= 0.3 is 0 Å². The highest BCUT2D eigenvalue weighted by atomic mass is 15.1. The quantitative estimate of drug-likeness (QED) is 0.162. The molecule has 0 atom stereocenters. The van der Waals surface area contributed by atoms with Crippen molar-refractivity contribution in [2.75, 3.05) is 4.90 Å². The highest BCUT2D eigenvalue weighted by Crippen LogP contribution is 2.69. The number of rotatable bonds is 6. The van der Waals surface area contributed by atoms with E-state index in [1.54, 1.807) is 11.1 Å². The fraction of sp³-hybridized carbons (Fsp3) is 0.213. The Bertz CT molecular complexity index is 3030. The van der Waals surface area contributed by atoms with E-state index in [0.717, 1.165) is 11.8 Å². The Kier molecular flexibility index (Phi) is 7.91. The topological polar surface area (TPSA) is 3.24 Å². The molecule has 0 heterocycles. The first-order valence-electron chi connectivity index (χ1n) is 23.1. The molecule has 0 N–H and O–H groups in total. The van der Waals surface area contributed by atoms with Crippen LogP contribution in [0.2, 0.25) is 0 Å². The van der Waals surface area contributed by atoms with Crippen molar-refractivity contribution >= 4 is 17.1 Å². The Balaban J connectivity index is 1.01. The molecule has 0 amide bonds. The van der Waals surface area contributed by atoms with Crippen molar-refractivity contribution in [2.45, 2.75) is 56.8 Å². The van der Waals surface area contributed by atoms with Crippen LogP contribution >= 0.6 is 0 Å². The summed E-state index contributed by atoms with van der Waals surface area (Å²) in [5, 5.41) is 0. The second-order valence-corrected chi connectivity index (χ2v) is 19.7. The third-order valence-corrected chi connectivity index (χ3v) is 16.2. The smallest absolute Gasteiger partial charge is 0.0540 e. The van der Waals surface area contributed by atoms with E-state index >= 15 is 0 Å². The van der Waals surface area contributed by atoms with Crippen molar-refractivity contribution in [1.29, 1.82) is 0 Å². The Morgan fingerprint density at radius 3 is 1.66 bits per heavy atom. The first-order chi connectivity index (χ1) is 30.5. The second-order valence-electron chi connectivity index (χ2n) is 19.7. The molecule has 8 aromatic rings. The van der Waals surface area contributed by atoms with Crippen molar-refractivity contribution in [3.63, 3.8) is 0 Å². The molecule has 6 aliphatic rings. The lowest BCUT2D eigenvalue weighted by atomic mass is 9.43. The number of benzene rings is 8. The van der Waals surface area contributed by atoms with E-state index in [4.69, 9.17) is 0 Å². The van der Waals surface area contributed by atoms with Gasteiger partial charge in [-0.05, 0) is 158 Å². The zero-order valence-electron chi connectivity index (χ0n) is 35.7. The molecule has 0 aromatic heterocycles. The van der Waals surface area contributed by atoms with Crippen molar-refractivity contribution in [3.8, 4) is 55.6 Å². The summed E-state index contributed by atoms with van der Waals surface area (Å²) in [5.74, 6) is 3.21. The average molecular weight is 798 g/mol. The minimum absolute atomic E-state index is 0.0842. The lowest BCUT2D eigenvalue weighted by molar-refractivity contribution is -0.0399. The molecule has 4 saturated carbocycles. The van der Waals surface area contributed by atoms with Crippen LogP contribution in [0.1, 0.15) is 68.2 Å². The minimum Gasteiger partial charge on any atom is -0.310 e. The average Bonchev–Trinajstić information content (AvgIpc) is 3.74. The van der Waals surface area contributed by atoms with Gasteiger partial charge in [-0.3, -0.25) is 0 Å². The molecule has 0 aliphatic heterocycles. The normalized spacial score (nSPS) is 22.9. The number of hydrogen-bond donors (Lipinski definition) is 0. The molecule has 4 fully saturated rings. The molecule has 0 saturated heterocycles. The standard InChI is InChI=1S/C61H51N/c1-60(2)55-23-9-6-20-52(55)54-22-13-21-50(59(54)60)44-16-12-17-47(37-44)62(58-25-11-8-18-49(58)43-28-26-42(27-29-43)41-14-4-3-5-15-41)48-30-31-53-51-19-7-10-24-56(51)61(57(53)38-48)45-33-39-32-40(35-45)36-46(61)34-39/h3-31,37-40,45-46H,32-36H2,1-2H3. The van der Waals surface area contributed by atoms with Crippen molar-refractivity contribution < 1.29 is 0 Å². The van der Waals surface area contributed by atoms with E-state index in [2.05, 4.69) is 207 Å². The predicted molar refractivity (Wildman–Crippen MR) is 258 cm³/mol. The van der Waals surface area contributed by atoms with Crippen LogP contribution in [0.4, 0.5) is 17.1 Å². The Morgan fingerprint density at radius 1 is 0.371 bits per heavy atom. The van der Waals surface area contributed by atoms with Crippen LogP contribution in [0.5, 0.6) is 0 Å². The molecule has 6 aliphatic carbocycles. The number of hydrogen-bond acceptors (Lipinski definition) is 1. The van der Waals surface area contributed by atoms with Crippen molar-refractivity contribution in [2.24, 2.45) is 23.7 Å². The highest BCUT2D eigenvalue weighted by Gasteiger charge is 2.61. The lowest BCUT2D eigenvalue weighted by Gasteiger charge is -2.61. The van der Waals surface area contributed by atoms with Crippen LogP contribution in [0.25, 0.3) is 55.6 Å². The van der Waals surface area contributed by atoms with E-state index in [1.807, 2.05) is 0 Å². The number of nitrogens with zero attached hydrogens (tertiary/aromatic N) is 1. The van der Waals surface area contributed by atoms with E-state index in [-0.39, 0.29) is 10.8 Å². The van der Waals surface area contributed by atoms with Gasteiger partial charge in [-0.1, -0.05) is 172 Å². The van der Waals surface area contributed by atoms with Gasteiger partial charge in [0.1, 0.15) is 0 Å². The maximum absolute atomic E-state index is 2.65. The van der Waals surface area contributed by atoms with Gasteiger partial charge in [-0.2, -0.15) is 0 Å². The molecule has 14 rings (SSSR count). The van der Waals surface area contributed by atoms with E-state index in [1.165, 1.54) is 116 Å². The van der Waals surface area contributed by atoms with Crippen LogP contribution in [0.3, 0.4) is 0 Å². The van der Waals surface area contributed by atoms with Gasteiger partial charge in [0.2, 0.25) is 0 Å². The summed E-state index contributed by atoms with van der Waals surface area (Å²) in [7, 11) is 0. The zero-order valence-corrected chi connectivity index (χ0v) is 35.7. The first kappa shape index (κ1) is 36.2. The summed E-state index contributed by atoms with van der Waals surface area (Å²) in [6, 6.07) is 71.4. The van der Waals surface area contributed by atoms with Gasteiger partial charge in [0, 0.05) is 27.8 Å². The SMILES string of the molecule is CC1(C)c2ccccc2-c2cccc(-c3cccc(N(c4ccc5c(c4)C4(c6ccccc6-5)C5CC6CC(C5)CC4C6)c4ccccc4-c4ccc(-c5ccccc5)cc4)c3)c21. The summed E-state index contributed by atoms with van der Waals surface area (Å²) in [6.07, 6.45) is 6.96. The summed E-state index contributed by atoms with van der Waals surface area (Å²) in [6.45, 7) is 4.80. The van der Waals surface area contributed by atoms with Crippen LogP contribution in [0.15, 0.2) is 188 Å². The predicted octanol–water partition coefficient (Wildman–Crippen LogP) is 16.2. The fourth-order valence-electron chi connectivity index (χ4n) is 14.0. The van der Waals surface area contributed by atoms with E-state index < -0.39 is 0 Å². The van der Waals surface area contributed by atoms with Crippen LogP contribution in [-0.4, -0.2) is 0 Å². The van der Waals surface area contributed by atoms with Gasteiger partial charge in [0.05, 0.1) is 5.69 Å². The minimum atomic E-state index is -0.112. The molecular weight excluding hydrogens is 747 g/mol. The Labute approximate surface area is 366 Å². The monoisotopic (exact) mass is 797 g/mol. The first-order valence-corrected chi connectivity index (χ1v) is 23.1. The summed E-state index contributed by atoms with van der Waals surface area (Å²) in [4.78, 5) is 2.58. The van der Waals surface area contributed by atoms with E-state index in [9.17, 15) is 0 Å². The van der Waals surface area contributed by atoms with Gasteiger partial charge in [0.15, 0.2) is 0 Å². The largest absolute Gasteiger partial charge is 0.310 e. The molecule has 4 bridgehead atoms. The summed E-state index contributed by atoms with van der Waals surface area (Å²) < 4.78 is 0. The molecular formula is C61H51N. The second kappa shape index (κ2) is 13.5. The Morgan fingerprint density at radius 2 is 0.903 bits per heavy atom. The van der Waals surface area contributed by atoms with Crippen LogP contribution in [-0.2, 0) is 10.8 Å². The van der Waals surface area contributed by atoms with E-state index in [0.29, 0.717) is 11.8 Å². The molecule has 300 valence electrons. The highest BCUT2D eigenvalue weighted by molar-refractivity contribution is 5.93. The third-order valence-electron chi connectivity index (χ3n) is 16.2. The summed E-state index contributed by atoms with van der Waals surface area (Å²) in [5.41, 5.74) is 22.7. The maximum atomic E-state index is 2.65. The molecule has 0 unspecified atom stereocenters. The number of fused-ring (bicyclic) bond motifs is 6. The van der Waals surface area contributed by atoms with Crippen molar-refractivity contribution in [3.05, 3.63) is 210 Å². The number of anilines is 3. The third kappa shape index (κ3) is 5.15. The molecule has 1 nitrogen and oxygen atoms in total. The van der Waals surface area contributed by atoms with Gasteiger partial charge in [-0.15, -0.1) is 0 Å². The van der Waals surface area contributed by atoms with Crippen LogP contribution < -0.4 is 4.90 Å². The lowest BCUT2D eigenvalue weighted by Crippen LogP contribution is -2.55. The van der Waals surface area contributed by atoms with Crippen LogP contribution in [0, 0.1) is 23.7 Å². The number of para-hydroxylation sites is 1. The zero-order chi connectivity index (χ0) is 41.2. The molecule has 8 aromatic carbocycles.